The molecule has 2 unspecified atom stereocenters. The molecular weight excluding hydrogens is 290 g/mol. The monoisotopic (exact) mass is 313 g/mol. The molecule has 6 heteroatoms. The summed E-state index contributed by atoms with van der Waals surface area (Å²) in [4.78, 5) is 11.6. The van der Waals surface area contributed by atoms with Crippen LogP contribution in [0.4, 0.5) is 0 Å². The van der Waals surface area contributed by atoms with Gasteiger partial charge in [-0.1, -0.05) is 32.4 Å². The molecular formula is C15H23NO4S. The summed E-state index contributed by atoms with van der Waals surface area (Å²) >= 11 is 0. The molecule has 1 N–H and O–H groups in total. The van der Waals surface area contributed by atoms with Crippen LogP contribution in [-0.4, -0.2) is 27.5 Å². The van der Waals surface area contributed by atoms with Crippen LogP contribution < -0.4 is 4.72 Å². The summed E-state index contributed by atoms with van der Waals surface area (Å²) < 4.78 is 32.1. The summed E-state index contributed by atoms with van der Waals surface area (Å²) in [6, 6.07) is 5.84. The smallest absolute Gasteiger partial charge is 0.339 e. The zero-order valence-electron chi connectivity index (χ0n) is 12.9. The summed E-state index contributed by atoms with van der Waals surface area (Å²) in [5, 5.41) is 0. The first-order chi connectivity index (χ1) is 9.81. The molecule has 5 nitrogen and oxygen atoms in total. The van der Waals surface area contributed by atoms with Crippen molar-refractivity contribution in [2.24, 2.45) is 5.92 Å². The predicted octanol–water partition coefficient (Wildman–Crippen LogP) is 2.58. The quantitative estimate of drug-likeness (QED) is 0.785. The number of ether oxygens (including phenoxy) is 1. The van der Waals surface area contributed by atoms with Crippen LogP contribution in [0.1, 0.15) is 44.0 Å². The van der Waals surface area contributed by atoms with Gasteiger partial charge in [-0.3, -0.25) is 0 Å². The Labute approximate surface area is 126 Å². The van der Waals surface area contributed by atoms with Crippen LogP contribution in [0.3, 0.4) is 0 Å². The number of esters is 1. The molecule has 0 saturated heterocycles. The molecule has 0 aliphatic heterocycles. The number of hydrogen-bond acceptors (Lipinski definition) is 4. The minimum absolute atomic E-state index is 0.0447. The van der Waals surface area contributed by atoms with Crippen LogP contribution in [0.5, 0.6) is 0 Å². The maximum atomic E-state index is 12.4. The lowest BCUT2D eigenvalue weighted by atomic mass is 10.0. The van der Waals surface area contributed by atoms with Gasteiger partial charge in [-0.05, 0) is 31.4 Å². The molecule has 0 saturated carbocycles. The summed E-state index contributed by atoms with van der Waals surface area (Å²) in [5.41, 5.74) is 0.0447. The first-order valence-corrected chi connectivity index (χ1v) is 8.49. The van der Waals surface area contributed by atoms with Gasteiger partial charge in [0.25, 0.3) is 0 Å². The predicted molar refractivity (Wildman–Crippen MR) is 81.6 cm³/mol. The third-order valence-electron chi connectivity index (χ3n) is 3.39. The molecule has 118 valence electrons. The van der Waals surface area contributed by atoms with Gasteiger partial charge >= 0.3 is 5.97 Å². The van der Waals surface area contributed by atoms with E-state index in [0.29, 0.717) is 5.92 Å². The second kappa shape index (κ2) is 7.56. The minimum Gasteiger partial charge on any atom is -0.465 e. The minimum atomic E-state index is -3.75. The van der Waals surface area contributed by atoms with E-state index in [0.717, 1.165) is 12.8 Å². The van der Waals surface area contributed by atoms with E-state index in [4.69, 9.17) is 0 Å². The van der Waals surface area contributed by atoms with Crippen molar-refractivity contribution in [3.8, 4) is 0 Å². The Balaban J connectivity index is 3.01. The number of carbonyl (C=O) groups excluding carboxylic acids is 1. The van der Waals surface area contributed by atoms with E-state index in [1.54, 1.807) is 12.1 Å². The SMILES string of the molecule is CCC(C)CC(C)NS(=O)(=O)c1ccccc1C(=O)OC. The highest BCUT2D eigenvalue weighted by molar-refractivity contribution is 7.89. The maximum absolute atomic E-state index is 12.4. The number of carbonyl (C=O) groups is 1. The van der Waals surface area contributed by atoms with Crippen LogP contribution in [0.2, 0.25) is 0 Å². The fourth-order valence-electron chi connectivity index (χ4n) is 2.13. The molecule has 0 fully saturated rings. The molecule has 0 aliphatic rings. The number of benzene rings is 1. The van der Waals surface area contributed by atoms with Crippen molar-refractivity contribution in [3.05, 3.63) is 29.8 Å². The number of rotatable bonds is 7. The van der Waals surface area contributed by atoms with Crippen molar-refractivity contribution in [1.29, 1.82) is 0 Å². The van der Waals surface area contributed by atoms with Gasteiger partial charge in [0.05, 0.1) is 17.6 Å². The van der Waals surface area contributed by atoms with Gasteiger partial charge in [0.2, 0.25) is 10.0 Å². The third kappa shape index (κ3) is 4.82. The summed E-state index contributed by atoms with van der Waals surface area (Å²) in [6.45, 7) is 5.97. The molecule has 0 aliphatic carbocycles. The summed E-state index contributed by atoms with van der Waals surface area (Å²) in [7, 11) is -2.52. The average Bonchev–Trinajstić information content (AvgIpc) is 2.45. The highest BCUT2D eigenvalue weighted by Gasteiger charge is 2.24. The average molecular weight is 313 g/mol. The Morgan fingerprint density at radius 1 is 1.29 bits per heavy atom. The van der Waals surface area contributed by atoms with Gasteiger partial charge in [-0.15, -0.1) is 0 Å². The van der Waals surface area contributed by atoms with Crippen LogP contribution in [0.25, 0.3) is 0 Å². The van der Waals surface area contributed by atoms with Crippen LogP contribution in [0, 0.1) is 5.92 Å². The highest BCUT2D eigenvalue weighted by Crippen LogP contribution is 2.18. The Morgan fingerprint density at radius 3 is 2.48 bits per heavy atom. The Bertz CT molecular complexity index is 583. The normalized spacial score (nSPS) is 14.5. The molecule has 0 heterocycles. The fraction of sp³-hybridized carbons (Fsp3) is 0.533. The lowest BCUT2D eigenvalue weighted by Crippen LogP contribution is -2.34. The number of nitrogens with one attached hydrogen (secondary N) is 1. The van der Waals surface area contributed by atoms with E-state index < -0.39 is 16.0 Å². The van der Waals surface area contributed by atoms with Gasteiger partial charge < -0.3 is 4.74 Å². The van der Waals surface area contributed by atoms with Crippen molar-refractivity contribution < 1.29 is 17.9 Å². The number of methoxy groups -OCH3 is 1. The second-order valence-corrected chi connectivity index (χ2v) is 6.94. The topological polar surface area (TPSA) is 72.5 Å². The fourth-order valence-corrected chi connectivity index (χ4v) is 3.58. The van der Waals surface area contributed by atoms with E-state index in [2.05, 4.69) is 23.3 Å². The van der Waals surface area contributed by atoms with E-state index in [9.17, 15) is 13.2 Å². The summed E-state index contributed by atoms with van der Waals surface area (Å²) in [6.07, 6.45) is 1.74. The molecule has 0 bridgehead atoms. The Morgan fingerprint density at radius 2 is 1.90 bits per heavy atom. The maximum Gasteiger partial charge on any atom is 0.339 e. The van der Waals surface area contributed by atoms with Crippen molar-refractivity contribution in [2.45, 2.75) is 44.6 Å². The van der Waals surface area contributed by atoms with Gasteiger partial charge in [-0.25, -0.2) is 17.9 Å². The van der Waals surface area contributed by atoms with Gasteiger partial charge in [0.1, 0.15) is 0 Å². The standard InChI is InChI=1S/C15H23NO4S/c1-5-11(2)10-12(3)16-21(18,19)14-9-7-6-8-13(14)15(17)20-4/h6-9,11-12,16H,5,10H2,1-4H3. The second-order valence-electron chi connectivity index (χ2n) is 5.26. The van der Waals surface area contributed by atoms with E-state index >= 15 is 0 Å². The van der Waals surface area contributed by atoms with E-state index in [1.807, 2.05) is 6.92 Å². The molecule has 1 aromatic rings. The van der Waals surface area contributed by atoms with E-state index in [1.165, 1.54) is 19.2 Å². The van der Waals surface area contributed by atoms with Crippen LogP contribution >= 0.6 is 0 Å². The molecule has 0 aromatic heterocycles. The number of hydrogen-bond donors (Lipinski definition) is 1. The zero-order chi connectivity index (χ0) is 16.0. The van der Waals surface area contributed by atoms with Crippen molar-refractivity contribution in [2.75, 3.05) is 7.11 Å². The molecule has 0 amide bonds. The Hall–Kier alpha value is -1.40. The lowest BCUT2D eigenvalue weighted by molar-refractivity contribution is 0.0596. The molecule has 1 rings (SSSR count). The van der Waals surface area contributed by atoms with Crippen molar-refractivity contribution in [3.63, 3.8) is 0 Å². The molecule has 21 heavy (non-hydrogen) atoms. The molecule has 0 radical (unpaired) electrons. The van der Waals surface area contributed by atoms with Crippen LogP contribution in [-0.2, 0) is 14.8 Å². The third-order valence-corrected chi connectivity index (χ3v) is 5.04. The largest absolute Gasteiger partial charge is 0.465 e. The summed E-state index contributed by atoms with van der Waals surface area (Å²) in [5.74, 6) is -0.232. The number of sulfonamides is 1. The highest BCUT2D eigenvalue weighted by atomic mass is 32.2. The van der Waals surface area contributed by atoms with Gasteiger partial charge in [0.15, 0.2) is 0 Å². The Kier molecular flexibility index (Phi) is 6.36. The molecule has 2 atom stereocenters. The van der Waals surface area contributed by atoms with Gasteiger partial charge in [-0.2, -0.15) is 0 Å². The lowest BCUT2D eigenvalue weighted by Gasteiger charge is -2.18. The van der Waals surface area contributed by atoms with Crippen LogP contribution in [0.15, 0.2) is 29.2 Å². The van der Waals surface area contributed by atoms with E-state index in [-0.39, 0.29) is 16.5 Å². The first-order valence-electron chi connectivity index (χ1n) is 7.01. The molecule has 0 spiro atoms. The van der Waals surface area contributed by atoms with Crippen molar-refractivity contribution in [1.82, 2.24) is 4.72 Å². The first kappa shape index (κ1) is 17.7. The molecule has 1 aromatic carbocycles. The zero-order valence-corrected chi connectivity index (χ0v) is 13.7. The van der Waals surface area contributed by atoms with Gasteiger partial charge in [0, 0.05) is 6.04 Å². The van der Waals surface area contributed by atoms with Crippen molar-refractivity contribution >= 4 is 16.0 Å².